The van der Waals surface area contributed by atoms with Gasteiger partial charge in [-0.15, -0.1) is 12.4 Å². The number of benzene rings is 1. The van der Waals surface area contributed by atoms with Crippen LogP contribution in [0.2, 0.25) is 0 Å². The van der Waals surface area contributed by atoms with Crippen LogP contribution in [0.3, 0.4) is 0 Å². The molecule has 1 atom stereocenters. The topological polar surface area (TPSA) is 53.7 Å². The summed E-state index contributed by atoms with van der Waals surface area (Å²) < 4.78 is 40.2. The highest BCUT2D eigenvalue weighted by atomic mass is 35.5. The molecule has 1 aliphatic heterocycles. The van der Waals surface area contributed by atoms with Gasteiger partial charge in [0.1, 0.15) is 0 Å². The maximum Gasteiger partial charge on any atom is 0.257 e. The number of nitrogens with two attached hydrogens (primary N) is 1. The minimum absolute atomic E-state index is 0. The van der Waals surface area contributed by atoms with Gasteiger partial charge in [0.05, 0.1) is 13.2 Å². The normalized spacial score (nSPS) is 14.4. The Morgan fingerprint density at radius 3 is 2.65 bits per heavy atom. The summed E-state index contributed by atoms with van der Waals surface area (Å²) in [6, 6.07) is 1.52. The van der Waals surface area contributed by atoms with Crippen molar-refractivity contribution in [2.45, 2.75) is 12.5 Å². The summed E-state index contributed by atoms with van der Waals surface area (Å²) in [5.74, 6) is 1.15. The fourth-order valence-corrected chi connectivity index (χ4v) is 1.49. The van der Waals surface area contributed by atoms with E-state index in [4.69, 9.17) is 19.9 Å². The second-order valence-electron chi connectivity index (χ2n) is 3.32. The number of hydrogen-bond acceptors (Lipinski definition) is 4. The third-order valence-corrected chi connectivity index (χ3v) is 2.34. The first-order valence-electron chi connectivity index (χ1n) is 4.64. The number of rotatable bonds is 3. The van der Waals surface area contributed by atoms with Crippen LogP contribution < -0.4 is 19.9 Å². The zero-order valence-electron chi connectivity index (χ0n) is 8.98. The number of fused-ring (bicyclic) bond motifs is 1. The number of hydrogen-bond donors (Lipinski definition) is 1. The van der Waals surface area contributed by atoms with Crippen molar-refractivity contribution in [3.63, 3.8) is 0 Å². The van der Waals surface area contributed by atoms with E-state index in [0.29, 0.717) is 17.2 Å². The number of alkyl halides is 2. The number of halogens is 3. The average molecular weight is 268 g/mol. The van der Waals surface area contributed by atoms with E-state index in [-0.39, 0.29) is 24.8 Å². The quantitative estimate of drug-likeness (QED) is 0.911. The van der Waals surface area contributed by atoms with Crippen molar-refractivity contribution in [2.75, 3.05) is 13.9 Å². The van der Waals surface area contributed by atoms with Crippen molar-refractivity contribution in [1.29, 1.82) is 0 Å². The molecule has 2 N–H and O–H groups in total. The fourth-order valence-electron chi connectivity index (χ4n) is 1.49. The first kappa shape index (κ1) is 13.8. The summed E-state index contributed by atoms with van der Waals surface area (Å²) in [6.45, 7) is 0.0546. The molecule has 4 nitrogen and oxygen atoms in total. The van der Waals surface area contributed by atoms with Gasteiger partial charge in [0.2, 0.25) is 12.5 Å². The lowest BCUT2D eigenvalue weighted by Crippen LogP contribution is -2.18. The summed E-state index contributed by atoms with van der Waals surface area (Å²) in [7, 11) is 1.43. The smallest absolute Gasteiger partial charge is 0.257 e. The van der Waals surface area contributed by atoms with Gasteiger partial charge in [0.15, 0.2) is 11.5 Å². The van der Waals surface area contributed by atoms with Gasteiger partial charge in [-0.1, -0.05) is 0 Å². The molecule has 0 fully saturated rings. The molecule has 0 unspecified atom stereocenters. The van der Waals surface area contributed by atoms with Crippen LogP contribution >= 0.6 is 12.4 Å². The third-order valence-electron chi connectivity index (χ3n) is 2.34. The SMILES string of the molecule is COc1cc([C@@H](N)C(F)F)cc2c1OCO2.Cl. The van der Waals surface area contributed by atoms with E-state index >= 15 is 0 Å². The largest absolute Gasteiger partial charge is 0.493 e. The van der Waals surface area contributed by atoms with Gasteiger partial charge in [-0.3, -0.25) is 0 Å². The molecular formula is C10H12ClF2NO3. The van der Waals surface area contributed by atoms with Crippen molar-refractivity contribution < 1.29 is 23.0 Å². The van der Waals surface area contributed by atoms with Crippen molar-refractivity contribution in [3.8, 4) is 17.2 Å². The van der Waals surface area contributed by atoms with Crippen molar-refractivity contribution in [2.24, 2.45) is 5.73 Å². The van der Waals surface area contributed by atoms with Crippen molar-refractivity contribution in [3.05, 3.63) is 17.7 Å². The Morgan fingerprint density at radius 2 is 2.06 bits per heavy atom. The lowest BCUT2D eigenvalue weighted by Gasteiger charge is -2.13. The highest BCUT2D eigenvalue weighted by molar-refractivity contribution is 5.85. The van der Waals surface area contributed by atoms with E-state index < -0.39 is 12.5 Å². The predicted octanol–water partition coefficient (Wildman–Crippen LogP) is 2.11. The van der Waals surface area contributed by atoms with Crippen LogP contribution in [0.25, 0.3) is 0 Å². The van der Waals surface area contributed by atoms with Crippen molar-refractivity contribution >= 4 is 12.4 Å². The Morgan fingerprint density at radius 1 is 1.35 bits per heavy atom. The Hall–Kier alpha value is -1.27. The van der Waals surface area contributed by atoms with E-state index in [9.17, 15) is 8.78 Å². The van der Waals surface area contributed by atoms with Gasteiger partial charge >= 0.3 is 0 Å². The van der Waals surface area contributed by atoms with E-state index in [1.165, 1.54) is 19.2 Å². The second-order valence-corrected chi connectivity index (χ2v) is 3.32. The van der Waals surface area contributed by atoms with Gasteiger partial charge in [-0.05, 0) is 17.7 Å². The van der Waals surface area contributed by atoms with E-state index in [1.807, 2.05) is 0 Å². The second kappa shape index (κ2) is 5.37. The molecule has 0 saturated heterocycles. The Balaban J connectivity index is 0.00000144. The van der Waals surface area contributed by atoms with E-state index in [1.54, 1.807) is 0 Å². The Bertz CT molecular complexity index is 403. The molecule has 96 valence electrons. The molecule has 0 spiro atoms. The van der Waals surface area contributed by atoms with E-state index in [2.05, 4.69) is 0 Å². The summed E-state index contributed by atoms with van der Waals surface area (Å²) in [5.41, 5.74) is 5.61. The van der Waals surface area contributed by atoms with Crippen LogP contribution in [-0.4, -0.2) is 20.3 Å². The molecule has 0 amide bonds. The first-order chi connectivity index (χ1) is 7.63. The summed E-state index contributed by atoms with van der Waals surface area (Å²) in [4.78, 5) is 0. The maximum atomic E-state index is 12.5. The summed E-state index contributed by atoms with van der Waals surface area (Å²) >= 11 is 0. The molecule has 0 saturated carbocycles. The van der Waals surface area contributed by atoms with Crippen LogP contribution in [0, 0.1) is 0 Å². The number of ether oxygens (including phenoxy) is 3. The zero-order valence-corrected chi connectivity index (χ0v) is 9.80. The molecule has 2 rings (SSSR count). The summed E-state index contributed by atoms with van der Waals surface area (Å²) in [5, 5.41) is 0. The van der Waals surface area contributed by atoms with Crippen LogP contribution in [0.1, 0.15) is 11.6 Å². The standard InChI is InChI=1S/C10H11F2NO3.ClH/c1-14-6-2-5(8(13)10(11)12)3-7-9(6)16-4-15-7;/h2-3,8,10H,4,13H2,1H3;1H/t8-;/m1./s1. The van der Waals surface area contributed by atoms with E-state index in [0.717, 1.165) is 0 Å². The van der Waals surface area contributed by atoms with Gasteiger partial charge < -0.3 is 19.9 Å². The highest BCUT2D eigenvalue weighted by Crippen LogP contribution is 2.43. The van der Waals surface area contributed by atoms with Gasteiger partial charge in [-0.25, -0.2) is 8.78 Å². The van der Waals surface area contributed by atoms with Crippen molar-refractivity contribution in [1.82, 2.24) is 0 Å². The predicted molar refractivity (Wildman–Crippen MR) is 59.3 cm³/mol. The minimum atomic E-state index is -2.63. The monoisotopic (exact) mass is 267 g/mol. The minimum Gasteiger partial charge on any atom is -0.493 e. The Kier molecular flexibility index (Phi) is 4.36. The molecule has 1 heterocycles. The molecule has 0 aliphatic carbocycles. The molecule has 7 heteroatoms. The van der Waals surface area contributed by atoms with Gasteiger partial charge in [0.25, 0.3) is 6.43 Å². The zero-order chi connectivity index (χ0) is 11.7. The molecule has 1 aromatic carbocycles. The molecule has 1 aromatic rings. The average Bonchev–Trinajstić information content (AvgIpc) is 2.74. The highest BCUT2D eigenvalue weighted by Gasteiger charge is 2.25. The fraction of sp³-hybridized carbons (Fsp3) is 0.400. The Labute approximate surface area is 103 Å². The maximum absolute atomic E-state index is 12.5. The number of methoxy groups -OCH3 is 1. The molecular weight excluding hydrogens is 256 g/mol. The molecule has 0 aromatic heterocycles. The van der Waals surface area contributed by atoms with Gasteiger partial charge in [0, 0.05) is 0 Å². The molecule has 1 aliphatic rings. The summed E-state index contributed by atoms with van der Waals surface area (Å²) in [6.07, 6.45) is -2.63. The molecule has 17 heavy (non-hydrogen) atoms. The third kappa shape index (κ3) is 2.53. The lowest BCUT2D eigenvalue weighted by atomic mass is 10.1. The van der Waals surface area contributed by atoms with Gasteiger partial charge in [-0.2, -0.15) is 0 Å². The van der Waals surface area contributed by atoms with Crippen LogP contribution in [0.5, 0.6) is 17.2 Å². The molecule has 0 radical (unpaired) electrons. The van der Waals surface area contributed by atoms with Crippen LogP contribution in [0.15, 0.2) is 12.1 Å². The van der Waals surface area contributed by atoms with Crippen LogP contribution in [0.4, 0.5) is 8.78 Å². The molecule has 0 bridgehead atoms. The lowest BCUT2D eigenvalue weighted by molar-refractivity contribution is 0.116. The van der Waals surface area contributed by atoms with Crippen LogP contribution in [-0.2, 0) is 0 Å². The first-order valence-corrected chi connectivity index (χ1v) is 4.64.